The molecule has 0 saturated carbocycles. The van der Waals surface area contributed by atoms with Crippen LogP contribution in [0.5, 0.6) is 0 Å². The molecule has 0 fully saturated rings. The molecule has 0 aliphatic heterocycles. The van der Waals surface area contributed by atoms with Crippen LogP contribution in [0.25, 0.3) is 22.2 Å². The van der Waals surface area contributed by atoms with E-state index in [-0.39, 0.29) is 6.61 Å². The molecule has 0 bridgehead atoms. The minimum absolute atomic E-state index is 0.150. The van der Waals surface area contributed by atoms with Crippen molar-refractivity contribution in [1.82, 2.24) is 9.97 Å². The molecule has 0 aliphatic rings. The van der Waals surface area contributed by atoms with Crippen LogP contribution in [0.4, 0.5) is 0 Å². The number of nitrogens with one attached hydrogen (secondary N) is 1. The Morgan fingerprint density at radius 1 is 1.19 bits per heavy atom. The first-order valence-corrected chi connectivity index (χ1v) is 6.58. The Labute approximate surface area is 121 Å². The first kappa shape index (κ1) is 13.3. The van der Waals surface area contributed by atoms with Crippen LogP contribution in [0.15, 0.2) is 42.5 Å². The van der Waals surface area contributed by atoms with Gasteiger partial charge in [0, 0.05) is 0 Å². The molecular formula is C16H14N4O. The number of H-pyrrole nitrogens is 1. The van der Waals surface area contributed by atoms with Gasteiger partial charge >= 0.3 is 0 Å². The summed E-state index contributed by atoms with van der Waals surface area (Å²) in [4.78, 5) is 7.51. The molecule has 104 valence electrons. The van der Waals surface area contributed by atoms with Crippen molar-refractivity contribution in [1.29, 1.82) is 5.26 Å². The summed E-state index contributed by atoms with van der Waals surface area (Å²) in [5.74, 6) is 0.574. The van der Waals surface area contributed by atoms with E-state index in [4.69, 9.17) is 16.1 Å². The number of fused-ring (bicyclic) bond motifs is 1. The predicted molar refractivity (Wildman–Crippen MR) is 80.3 cm³/mol. The number of hydrogen-bond donors (Lipinski definition) is 3. The van der Waals surface area contributed by atoms with Gasteiger partial charge in [-0.05, 0) is 35.4 Å². The van der Waals surface area contributed by atoms with Crippen LogP contribution in [0.3, 0.4) is 0 Å². The topological polar surface area (TPSA) is 98.7 Å². The predicted octanol–water partition coefficient (Wildman–Crippen LogP) is 2.09. The second-order valence-electron chi connectivity index (χ2n) is 4.83. The lowest BCUT2D eigenvalue weighted by Gasteiger charge is -2.01. The van der Waals surface area contributed by atoms with Crippen molar-refractivity contribution < 1.29 is 5.11 Å². The highest BCUT2D eigenvalue weighted by atomic mass is 16.3. The summed E-state index contributed by atoms with van der Waals surface area (Å²) >= 11 is 0. The molecule has 3 aromatic rings. The standard InChI is InChI=1S/C16H14N4O/c17-8-10-1-3-11(4-2-10)12-5-6-14-15(7-12)20-16(19-14)13(18)9-21/h1-7,13,21H,9,18H2,(H,19,20)/t13-/m0/s1. The van der Waals surface area contributed by atoms with Crippen molar-refractivity contribution in [3.63, 3.8) is 0 Å². The van der Waals surface area contributed by atoms with Gasteiger partial charge < -0.3 is 15.8 Å². The van der Waals surface area contributed by atoms with Crippen molar-refractivity contribution >= 4 is 11.0 Å². The van der Waals surface area contributed by atoms with Gasteiger partial charge in [0.2, 0.25) is 0 Å². The fraction of sp³-hybridized carbons (Fsp3) is 0.125. The van der Waals surface area contributed by atoms with Gasteiger partial charge in [-0.1, -0.05) is 18.2 Å². The molecule has 0 aliphatic carbocycles. The number of nitrogens with two attached hydrogens (primary N) is 1. The second kappa shape index (κ2) is 5.37. The molecule has 0 unspecified atom stereocenters. The zero-order chi connectivity index (χ0) is 14.8. The molecule has 0 spiro atoms. The number of aromatic nitrogens is 2. The summed E-state index contributed by atoms with van der Waals surface area (Å²) in [6.07, 6.45) is 0. The highest BCUT2D eigenvalue weighted by Crippen LogP contribution is 2.24. The lowest BCUT2D eigenvalue weighted by molar-refractivity contribution is 0.264. The van der Waals surface area contributed by atoms with E-state index in [0.717, 1.165) is 22.2 Å². The summed E-state index contributed by atoms with van der Waals surface area (Å²) in [6, 6.07) is 14.9. The Kier molecular flexibility index (Phi) is 3.40. The first-order chi connectivity index (χ1) is 10.2. The van der Waals surface area contributed by atoms with Crippen LogP contribution in [-0.4, -0.2) is 21.7 Å². The van der Waals surface area contributed by atoms with Gasteiger partial charge in [-0.3, -0.25) is 0 Å². The Balaban J connectivity index is 2.01. The molecule has 21 heavy (non-hydrogen) atoms. The number of nitriles is 1. The third-order valence-corrected chi connectivity index (χ3v) is 3.40. The summed E-state index contributed by atoms with van der Waals surface area (Å²) in [5.41, 5.74) is 10.1. The average Bonchev–Trinajstić information content (AvgIpc) is 2.97. The van der Waals surface area contributed by atoms with Crippen LogP contribution in [0.2, 0.25) is 0 Å². The van der Waals surface area contributed by atoms with E-state index in [2.05, 4.69) is 16.0 Å². The van der Waals surface area contributed by atoms with Crippen molar-refractivity contribution in [3.8, 4) is 17.2 Å². The average molecular weight is 278 g/mol. The van der Waals surface area contributed by atoms with Gasteiger partial charge in [-0.2, -0.15) is 5.26 Å². The number of aliphatic hydroxyl groups excluding tert-OH is 1. The van der Waals surface area contributed by atoms with Crippen molar-refractivity contribution in [2.24, 2.45) is 5.73 Å². The maximum absolute atomic E-state index is 9.08. The Hall–Kier alpha value is -2.68. The highest BCUT2D eigenvalue weighted by molar-refractivity contribution is 5.82. The molecule has 3 rings (SSSR count). The monoisotopic (exact) mass is 278 g/mol. The molecule has 0 radical (unpaired) electrons. The molecule has 1 heterocycles. The third-order valence-electron chi connectivity index (χ3n) is 3.40. The van der Waals surface area contributed by atoms with Crippen molar-refractivity contribution in [3.05, 3.63) is 53.9 Å². The maximum atomic E-state index is 9.08. The molecule has 4 N–H and O–H groups in total. The van der Waals surface area contributed by atoms with Crippen LogP contribution < -0.4 is 5.73 Å². The highest BCUT2D eigenvalue weighted by Gasteiger charge is 2.10. The molecule has 1 aromatic heterocycles. The molecule has 1 atom stereocenters. The van der Waals surface area contributed by atoms with Crippen LogP contribution in [0.1, 0.15) is 17.4 Å². The van der Waals surface area contributed by atoms with E-state index >= 15 is 0 Å². The van der Waals surface area contributed by atoms with Gasteiger partial charge in [0.25, 0.3) is 0 Å². The lowest BCUT2D eigenvalue weighted by atomic mass is 10.0. The van der Waals surface area contributed by atoms with Crippen molar-refractivity contribution in [2.45, 2.75) is 6.04 Å². The molecule has 2 aromatic carbocycles. The van der Waals surface area contributed by atoms with Gasteiger partial charge in [0.15, 0.2) is 0 Å². The van der Waals surface area contributed by atoms with Gasteiger partial charge in [0.1, 0.15) is 5.82 Å². The quantitative estimate of drug-likeness (QED) is 0.683. The fourth-order valence-electron chi connectivity index (χ4n) is 2.20. The van der Waals surface area contributed by atoms with Crippen LogP contribution in [-0.2, 0) is 0 Å². The molecule has 0 saturated heterocycles. The molecule has 0 amide bonds. The SMILES string of the molecule is N#Cc1ccc(-c2ccc3[nH]c([C@@H](N)CO)nc3c2)cc1. The molecule has 5 nitrogen and oxygen atoms in total. The summed E-state index contributed by atoms with van der Waals surface area (Å²) in [7, 11) is 0. The normalized spacial score (nSPS) is 12.2. The summed E-state index contributed by atoms with van der Waals surface area (Å²) < 4.78 is 0. The zero-order valence-corrected chi connectivity index (χ0v) is 11.2. The summed E-state index contributed by atoms with van der Waals surface area (Å²) in [6.45, 7) is -0.150. The van der Waals surface area contributed by atoms with Crippen molar-refractivity contribution in [2.75, 3.05) is 6.61 Å². The van der Waals surface area contributed by atoms with E-state index in [9.17, 15) is 0 Å². The number of imidazole rings is 1. The molecular weight excluding hydrogens is 264 g/mol. The largest absolute Gasteiger partial charge is 0.394 e. The number of rotatable bonds is 3. The smallest absolute Gasteiger partial charge is 0.126 e. The number of aromatic amines is 1. The van der Waals surface area contributed by atoms with E-state index < -0.39 is 6.04 Å². The minimum Gasteiger partial charge on any atom is -0.394 e. The number of nitrogens with zero attached hydrogens (tertiary/aromatic N) is 2. The van der Waals surface area contributed by atoms with Gasteiger partial charge in [0.05, 0.1) is 35.3 Å². The Morgan fingerprint density at radius 2 is 1.90 bits per heavy atom. The van der Waals surface area contributed by atoms with E-state index in [1.807, 2.05) is 30.3 Å². The van der Waals surface area contributed by atoms with E-state index in [1.165, 1.54) is 0 Å². The zero-order valence-electron chi connectivity index (χ0n) is 11.2. The summed E-state index contributed by atoms with van der Waals surface area (Å²) in [5, 5.41) is 17.9. The third kappa shape index (κ3) is 2.50. The number of benzene rings is 2. The number of aliphatic hydroxyl groups is 1. The van der Waals surface area contributed by atoms with Gasteiger partial charge in [-0.15, -0.1) is 0 Å². The fourth-order valence-corrected chi connectivity index (χ4v) is 2.20. The Bertz CT molecular complexity index is 814. The maximum Gasteiger partial charge on any atom is 0.126 e. The van der Waals surface area contributed by atoms with Crippen LogP contribution in [0, 0.1) is 11.3 Å². The van der Waals surface area contributed by atoms with E-state index in [1.54, 1.807) is 12.1 Å². The minimum atomic E-state index is -0.504. The first-order valence-electron chi connectivity index (χ1n) is 6.58. The van der Waals surface area contributed by atoms with Crippen LogP contribution >= 0.6 is 0 Å². The number of hydrogen-bond acceptors (Lipinski definition) is 4. The second-order valence-corrected chi connectivity index (χ2v) is 4.83. The molecule has 5 heteroatoms. The van der Waals surface area contributed by atoms with E-state index in [0.29, 0.717) is 11.4 Å². The Morgan fingerprint density at radius 3 is 2.57 bits per heavy atom. The lowest BCUT2D eigenvalue weighted by Crippen LogP contribution is -2.15. The van der Waals surface area contributed by atoms with Gasteiger partial charge in [-0.25, -0.2) is 4.98 Å².